The summed E-state index contributed by atoms with van der Waals surface area (Å²) >= 11 is 0. The largest absolute Gasteiger partial charge is 0.0985 e. The second-order valence-electron chi connectivity index (χ2n) is 9.87. The molecule has 0 saturated heterocycles. The smallest absolute Gasteiger partial charge is 0.0340 e. The third-order valence-corrected chi connectivity index (χ3v) is 7.16. The summed E-state index contributed by atoms with van der Waals surface area (Å²) in [5.41, 5.74) is 13.5. The minimum absolute atomic E-state index is 0.195. The van der Waals surface area contributed by atoms with Gasteiger partial charge < -0.3 is 0 Å². The predicted octanol–water partition coefficient (Wildman–Crippen LogP) is 8.89. The van der Waals surface area contributed by atoms with Gasteiger partial charge in [0.05, 0.1) is 0 Å². The Balaban J connectivity index is 1.69. The molecular weight excluding hydrogens is 396 g/mol. The molecule has 0 aliphatic heterocycles. The molecule has 4 aromatic carbocycles. The van der Waals surface area contributed by atoms with Crippen molar-refractivity contribution < 1.29 is 0 Å². The van der Waals surface area contributed by atoms with Gasteiger partial charge in [0, 0.05) is 11.8 Å². The van der Waals surface area contributed by atoms with Crippen molar-refractivity contribution in [2.24, 2.45) is 5.92 Å². The molecule has 0 bridgehead atoms. The van der Waals surface area contributed by atoms with E-state index in [1.54, 1.807) is 0 Å². The lowest BCUT2D eigenvalue weighted by atomic mass is 9.82. The average Bonchev–Trinajstić information content (AvgIpc) is 3.14. The third kappa shape index (κ3) is 3.85. The van der Waals surface area contributed by atoms with Gasteiger partial charge in [-0.1, -0.05) is 116 Å². The monoisotopic (exact) mass is 428 g/mol. The van der Waals surface area contributed by atoms with Crippen molar-refractivity contribution in [3.63, 3.8) is 0 Å². The molecule has 2 unspecified atom stereocenters. The van der Waals surface area contributed by atoms with Crippen LogP contribution in [0.2, 0.25) is 0 Å². The molecule has 33 heavy (non-hydrogen) atoms. The van der Waals surface area contributed by atoms with E-state index in [4.69, 9.17) is 0 Å². The number of aryl methyl sites for hydroxylation is 2. The Morgan fingerprint density at radius 1 is 0.636 bits per heavy atom. The maximum absolute atomic E-state index is 3.92. The van der Waals surface area contributed by atoms with E-state index in [9.17, 15) is 0 Å². The van der Waals surface area contributed by atoms with Crippen molar-refractivity contribution in [2.45, 2.75) is 39.5 Å². The van der Waals surface area contributed by atoms with Crippen LogP contribution < -0.4 is 0 Å². The zero-order valence-corrected chi connectivity index (χ0v) is 20.1. The number of fused-ring (bicyclic) bond motifs is 3. The van der Waals surface area contributed by atoms with Gasteiger partial charge in [0.15, 0.2) is 0 Å². The van der Waals surface area contributed by atoms with Gasteiger partial charge in [-0.05, 0) is 70.3 Å². The summed E-state index contributed by atoms with van der Waals surface area (Å²) in [6, 6.07) is 32.1. The van der Waals surface area contributed by atoms with Gasteiger partial charge in [0.1, 0.15) is 0 Å². The van der Waals surface area contributed by atoms with Crippen LogP contribution in [0.3, 0.4) is 0 Å². The molecule has 5 rings (SSSR count). The zero-order chi connectivity index (χ0) is 23.1. The van der Waals surface area contributed by atoms with Gasteiger partial charge in [0.25, 0.3) is 0 Å². The Kier molecular flexibility index (Phi) is 5.54. The normalized spacial score (nSPS) is 15.2. The highest BCUT2D eigenvalue weighted by Crippen LogP contribution is 2.49. The summed E-state index contributed by atoms with van der Waals surface area (Å²) < 4.78 is 0. The molecule has 1 aliphatic rings. The molecule has 0 fully saturated rings. The number of rotatable bonds is 5. The van der Waals surface area contributed by atoms with Crippen molar-refractivity contribution in [1.82, 2.24) is 0 Å². The van der Waals surface area contributed by atoms with E-state index in [2.05, 4.69) is 119 Å². The Morgan fingerprint density at radius 3 is 1.76 bits per heavy atom. The topological polar surface area (TPSA) is 0 Å². The molecule has 0 amide bonds. The molecule has 0 aromatic heterocycles. The summed E-state index contributed by atoms with van der Waals surface area (Å²) in [5, 5.41) is 0. The van der Waals surface area contributed by atoms with E-state index in [1.807, 2.05) is 6.08 Å². The van der Waals surface area contributed by atoms with E-state index in [0.29, 0.717) is 11.8 Å². The highest BCUT2D eigenvalue weighted by Gasteiger charge is 2.31. The first-order chi connectivity index (χ1) is 16.0. The highest BCUT2D eigenvalue weighted by atomic mass is 14.3. The van der Waals surface area contributed by atoms with E-state index in [-0.39, 0.29) is 5.92 Å². The molecule has 0 heterocycles. The lowest BCUT2D eigenvalue weighted by Gasteiger charge is -2.22. The van der Waals surface area contributed by atoms with Crippen molar-refractivity contribution in [3.05, 3.63) is 136 Å². The van der Waals surface area contributed by atoms with E-state index in [1.165, 1.54) is 50.1 Å². The van der Waals surface area contributed by atoms with Gasteiger partial charge in [-0.25, -0.2) is 0 Å². The van der Waals surface area contributed by atoms with Crippen molar-refractivity contribution in [1.29, 1.82) is 0 Å². The zero-order valence-electron chi connectivity index (χ0n) is 20.1. The molecule has 1 aliphatic carbocycles. The average molecular weight is 429 g/mol. The quantitative estimate of drug-likeness (QED) is 0.278. The minimum Gasteiger partial charge on any atom is -0.0985 e. The summed E-state index contributed by atoms with van der Waals surface area (Å²) in [7, 11) is 0. The van der Waals surface area contributed by atoms with Crippen LogP contribution in [0.1, 0.15) is 70.2 Å². The Bertz CT molecular complexity index is 1300. The highest BCUT2D eigenvalue weighted by molar-refractivity contribution is 5.80. The first-order valence-electron chi connectivity index (χ1n) is 12.0. The standard InChI is InChI=1S/C33H32/c1-6-24-10-14-26(15-11-24)33(25-12-7-22(4)8-13-25)27-16-18-29-31(20-27)30-19-23(5)9-17-28(30)32(29)21(2)3/h6-21,32-33H,1H2,2-5H3. The number of benzene rings is 4. The minimum atomic E-state index is 0.195. The summed E-state index contributed by atoms with van der Waals surface area (Å²) in [6.45, 7) is 13.0. The van der Waals surface area contributed by atoms with Gasteiger partial charge in [0.2, 0.25) is 0 Å². The molecule has 0 heteroatoms. The summed E-state index contributed by atoms with van der Waals surface area (Å²) in [4.78, 5) is 0. The third-order valence-electron chi connectivity index (χ3n) is 7.16. The molecular formula is C33H32. The maximum atomic E-state index is 3.92. The molecule has 0 radical (unpaired) electrons. The van der Waals surface area contributed by atoms with E-state index in [0.717, 1.165) is 5.56 Å². The molecule has 4 aromatic rings. The Morgan fingerprint density at radius 2 is 1.15 bits per heavy atom. The maximum Gasteiger partial charge on any atom is 0.0340 e. The fourth-order valence-electron chi connectivity index (χ4n) is 5.48. The fraction of sp³-hybridized carbons (Fsp3) is 0.212. The van der Waals surface area contributed by atoms with Gasteiger partial charge in [-0.15, -0.1) is 0 Å². The molecule has 0 N–H and O–H groups in total. The fourth-order valence-corrected chi connectivity index (χ4v) is 5.48. The SMILES string of the molecule is C=Cc1ccc(C(c2ccc(C)cc2)c2ccc3c(c2)-c2cc(C)ccc2C3C(C)C)cc1. The second kappa shape index (κ2) is 8.52. The van der Waals surface area contributed by atoms with Crippen LogP contribution in [-0.4, -0.2) is 0 Å². The number of hydrogen-bond acceptors (Lipinski definition) is 0. The van der Waals surface area contributed by atoms with Crippen LogP contribution in [0, 0.1) is 19.8 Å². The Hall–Kier alpha value is -3.38. The lowest BCUT2D eigenvalue weighted by molar-refractivity contribution is 0.573. The van der Waals surface area contributed by atoms with Crippen molar-refractivity contribution in [2.75, 3.05) is 0 Å². The van der Waals surface area contributed by atoms with Gasteiger partial charge in [-0.2, -0.15) is 0 Å². The first kappa shape index (κ1) is 21.5. The van der Waals surface area contributed by atoms with Crippen molar-refractivity contribution in [3.8, 4) is 11.1 Å². The van der Waals surface area contributed by atoms with Crippen LogP contribution in [0.5, 0.6) is 0 Å². The van der Waals surface area contributed by atoms with Crippen LogP contribution in [0.15, 0.2) is 91.5 Å². The summed E-state index contributed by atoms with van der Waals surface area (Å²) in [5.74, 6) is 1.23. The first-order valence-corrected chi connectivity index (χ1v) is 12.0. The molecule has 164 valence electrons. The Labute approximate surface area is 198 Å². The molecule has 0 spiro atoms. The molecule has 0 nitrogen and oxygen atoms in total. The lowest BCUT2D eigenvalue weighted by Crippen LogP contribution is -2.06. The van der Waals surface area contributed by atoms with Gasteiger partial charge in [-0.3, -0.25) is 0 Å². The molecule has 2 atom stereocenters. The van der Waals surface area contributed by atoms with Crippen LogP contribution >= 0.6 is 0 Å². The summed E-state index contributed by atoms with van der Waals surface area (Å²) in [6.07, 6.45) is 1.91. The van der Waals surface area contributed by atoms with Crippen LogP contribution in [0.4, 0.5) is 0 Å². The van der Waals surface area contributed by atoms with E-state index >= 15 is 0 Å². The van der Waals surface area contributed by atoms with Crippen molar-refractivity contribution >= 4 is 6.08 Å². The second-order valence-corrected chi connectivity index (χ2v) is 9.87. The van der Waals surface area contributed by atoms with Crippen LogP contribution in [-0.2, 0) is 0 Å². The predicted molar refractivity (Wildman–Crippen MR) is 142 cm³/mol. The van der Waals surface area contributed by atoms with Crippen LogP contribution in [0.25, 0.3) is 17.2 Å². The van der Waals surface area contributed by atoms with E-state index < -0.39 is 0 Å². The number of hydrogen-bond donors (Lipinski definition) is 0. The van der Waals surface area contributed by atoms with Gasteiger partial charge >= 0.3 is 0 Å². The molecule has 0 saturated carbocycles.